The lowest BCUT2D eigenvalue weighted by Crippen LogP contribution is -2.46. The summed E-state index contributed by atoms with van der Waals surface area (Å²) in [6, 6.07) is 9.79. The van der Waals surface area contributed by atoms with Crippen molar-refractivity contribution in [3.05, 3.63) is 42.0 Å². The number of nitrogens with one attached hydrogen (secondary N) is 2. The Balaban J connectivity index is 1.37. The van der Waals surface area contributed by atoms with Crippen LogP contribution in [0, 0.1) is 0 Å². The fourth-order valence-electron chi connectivity index (χ4n) is 3.27. The molecule has 3 amide bonds. The van der Waals surface area contributed by atoms with E-state index in [0.29, 0.717) is 32.5 Å². The monoisotopic (exact) mass is 370 g/mol. The highest BCUT2D eigenvalue weighted by atomic mass is 16.2. The molecule has 1 saturated heterocycles. The van der Waals surface area contributed by atoms with Gasteiger partial charge in [0.15, 0.2) is 0 Å². The predicted molar refractivity (Wildman–Crippen MR) is 102 cm³/mol. The van der Waals surface area contributed by atoms with E-state index in [0.717, 1.165) is 30.6 Å². The van der Waals surface area contributed by atoms with Gasteiger partial charge in [0, 0.05) is 38.9 Å². The average molecular weight is 370 g/mol. The van der Waals surface area contributed by atoms with Gasteiger partial charge in [-0.25, -0.2) is 0 Å². The number of rotatable bonds is 8. The van der Waals surface area contributed by atoms with Crippen molar-refractivity contribution in [1.82, 2.24) is 20.7 Å². The molecule has 2 heterocycles. The van der Waals surface area contributed by atoms with Crippen LogP contribution in [0.5, 0.6) is 0 Å². The molecule has 7 heteroatoms. The third kappa shape index (κ3) is 5.32. The van der Waals surface area contributed by atoms with E-state index in [1.807, 2.05) is 41.3 Å². The van der Waals surface area contributed by atoms with Crippen LogP contribution in [-0.2, 0) is 14.4 Å². The molecule has 0 aliphatic carbocycles. The van der Waals surface area contributed by atoms with E-state index in [2.05, 4.69) is 10.7 Å². The number of carbonyl (C=O) groups is 3. The summed E-state index contributed by atoms with van der Waals surface area (Å²) in [4.78, 5) is 37.5. The Hall–Kier alpha value is -2.83. The minimum Gasteiger partial charge on any atom is -0.356 e. The summed E-state index contributed by atoms with van der Waals surface area (Å²) in [6.07, 6.45) is 4.75. The number of nitrogens with zero attached hydrogens (tertiary/aromatic N) is 2. The van der Waals surface area contributed by atoms with E-state index in [-0.39, 0.29) is 24.1 Å². The highest BCUT2D eigenvalue weighted by Crippen LogP contribution is 2.17. The molecule has 0 spiro atoms. The highest BCUT2D eigenvalue weighted by molar-refractivity contribution is 5.84. The van der Waals surface area contributed by atoms with Gasteiger partial charge in [-0.3, -0.25) is 24.8 Å². The molecule has 2 aliphatic rings. The van der Waals surface area contributed by atoms with E-state index < -0.39 is 0 Å². The lowest BCUT2D eigenvalue weighted by Gasteiger charge is -2.29. The van der Waals surface area contributed by atoms with Crippen molar-refractivity contribution in [3.63, 3.8) is 0 Å². The van der Waals surface area contributed by atoms with Crippen LogP contribution in [0.15, 0.2) is 36.4 Å². The third-order valence-corrected chi connectivity index (χ3v) is 4.78. The molecule has 1 aromatic rings. The Bertz CT molecular complexity index is 717. The van der Waals surface area contributed by atoms with Crippen LogP contribution < -0.4 is 10.7 Å². The first kappa shape index (κ1) is 18.9. The molecule has 0 unspecified atom stereocenters. The van der Waals surface area contributed by atoms with Crippen molar-refractivity contribution in [2.24, 2.45) is 0 Å². The summed E-state index contributed by atoms with van der Waals surface area (Å²) in [5.74, 6) is 0.0708. The van der Waals surface area contributed by atoms with Crippen molar-refractivity contribution < 1.29 is 14.4 Å². The Morgan fingerprint density at radius 2 is 1.93 bits per heavy atom. The fourth-order valence-corrected chi connectivity index (χ4v) is 3.27. The molecule has 1 aromatic carbocycles. The molecule has 0 bridgehead atoms. The maximum atomic E-state index is 12.1. The fraction of sp³-hybridized carbons (Fsp3) is 0.450. The van der Waals surface area contributed by atoms with E-state index in [1.165, 1.54) is 5.01 Å². The number of benzene rings is 1. The van der Waals surface area contributed by atoms with E-state index in [9.17, 15) is 14.4 Å². The van der Waals surface area contributed by atoms with Crippen LogP contribution in [0.1, 0.15) is 37.7 Å². The molecule has 0 radical (unpaired) electrons. The molecule has 27 heavy (non-hydrogen) atoms. The van der Waals surface area contributed by atoms with Gasteiger partial charge in [-0.05, 0) is 24.5 Å². The first-order chi connectivity index (χ1) is 13.1. The molecule has 1 fully saturated rings. The van der Waals surface area contributed by atoms with Gasteiger partial charge in [0.2, 0.25) is 17.7 Å². The topological polar surface area (TPSA) is 81.8 Å². The first-order valence-corrected chi connectivity index (χ1v) is 9.50. The first-order valence-electron chi connectivity index (χ1n) is 9.50. The molecule has 2 N–H and O–H groups in total. The molecule has 2 aliphatic heterocycles. The van der Waals surface area contributed by atoms with Crippen LogP contribution in [-0.4, -0.2) is 53.8 Å². The van der Waals surface area contributed by atoms with Gasteiger partial charge < -0.3 is 10.2 Å². The second kappa shape index (κ2) is 9.21. The number of hydrogen-bond donors (Lipinski definition) is 2. The summed E-state index contributed by atoms with van der Waals surface area (Å²) >= 11 is 0. The van der Waals surface area contributed by atoms with Gasteiger partial charge in [-0.1, -0.05) is 30.3 Å². The maximum absolute atomic E-state index is 12.1. The van der Waals surface area contributed by atoms with E-state index >= 15 is 0 Å². The Kier molecular flexibility index (Phi) is 6.46. The van der Waals surface area contributed by atoms with Crippen LogP contribution in [0.2, 0.25) is 0 Å². The van der Waals surface area contributed by atoms with Crippen LogP contribution >= 0.6 is 0 Å². The predicted octanol–water partition coefficient (Wildman–Crippen LogP) is 1.28. The van der Waals surface area contributed by atoms with E-state index in [4.69, 9.17) is 0 Å². The standard InChI is InChI=1S/C20H26N4O3/c25-18(21-12-5-14-23-13-4-8-19(23)26)11-15-24-20(27)10-9-17(22-24)16-6-2-1-3-7-16/h1-3,6-7,9,22H,4-5,8,10-15H2,(H,21,25). The zero-order valence-electron chi connectivity index (χ0n) is 15.4. The largest absolute Gasteiger partial charge is 0.356 e. The average Bonchev–Trinajstić information content (AvgIpc) is 3.10. The third-order valence-electron chi connectivity index (χ3n) is 4.78. The SMILES string of the molecule is O=C(CCN1NC(c2ccccc2)=CCC1=O)NCCCN1CCCC1=O. The van der Waals surface area contributed by atoms with Crippen molar-refractivity contribution in [2.45, 2.75) is 32.1 Å². The normalized spacial score (nSPS) is 17.0. The van der Waals surface area contributed by atoms with Gasteiger partial charge in [-0.2, -0.15) is 0 Å². The highest BCUT2D eigenvalue weighted by Gasteiger charge is 2.21. The molecule has 144 valence electrons. The van der Waals surface area contributed by atoms with Gasteiger partial charge in [0.25, 0.3) is 0 Å². The lowest BCUT2D eigenvalue weighted by atomic mass is 10.1. The number of hydrogen-bond acceptors (Lipinski definition) is 4. The number of amides is 3. The van der Waals surface area contributed by atoms with Gasteiger partial charge in [-0.15, -0.1) is 0 Å². The van der Waals surface area contributed by atoms with Crippen LogP contribution in [0.3, 0.4) is 0 Å². The quantitative estimate of drug-likeness (QED) is 0.676. The Morgan fingerprint density at radius 1 is 1.11 bits per heavy atom. The summed E-state index contributed by atoms with van der Waals surface area (Å²) in [6.45, 7) is 2.38. The number of hydrazine groups is 1. The summed E-state index contributed by atoms with van der Waals surface area (Å²) in [5, 5.41) is 4.37. The minimum absolute atomic E-state index is 0.0463. The summed E-state index contributed by atoms with van der Waals surface area (Å²) in [5.41, 5.74) is 5.00. The van der Waals surface area contributed by atoms with Gasteiger partial charge >= 0.3 is 0 Å². The molecule has 3 rings (SSSR count). The maximum Gasteiger partial charge on any atom is 0.244 e. The van der Waals surface area contributed by atoms with Crippen LogP contribution in [0.25, 0.3) is 5.70 Å². The second-order valence-electron chi connectivity index (χ2n) is 6.78. The summed E-state index contributed by atoms with van der Waals surface area (Å²) < 4.78 is 0. The second-order valence-corrected chi connectivity index (χ2v) is 6.78. The molecular weight excluding hydrogens is 344 g/mol. The van der Waals surface area contributed by atoms with Gasteiger partial charge in [0.05, 0.1) is 12.2 Å². The van der Waals surface area contributed by atoms with E-state index in [1.54, 1.807) is 0 Å². The lowest BCUT2D eigenvalue weighted by molar-refractivity contribution is -0.133. The molecular formula is C20H26N4O3. The smallest absolute Gasteiger partial charge is 0.244 e. The zero-order chi connectivity index (χ0) is 19.1. The molecule has 7 nitrogen and oxygen atoms in total. The van der Waals surface area contributed by atoms with Crippen molar-refractivity contribution >= 4 is 23.4 Å². The van der Waals surface area contributed by atoms with Crippen molar-refractivity contribution in [1.29, 1.82) is 0 Å². The minimum atomic E-state index is -0.0897. The van der Waals surface area contributed by atoms with Gasteiger partial charge in [0.1, 0.15) is 0 Å². The van der Waals surface area contributed by atoms with Crippen molar-refractivity contribution in [3.8, 4) is 0 Å². The molecule has 0 saturated carbocycles. The number of likely N-dealkylation sites (tertiary alicyclic amines) is 1. The Labute approximate surface area is 159 Å². The molecule has 0 aromatic heterocycles. The Morgan fingerprint density at radius 3 is 2.67 bits per heavy atom. The van der Waals surface area contributed by atoms with Crippen molar-refractivity contribution in [2.75, 3.05) is 26.2 Å². The van der Waals surface area contributed by atoms with Crippen LogP contribution in [0.4, 0.5) is 0 Å². The molecule has 0 atom stereocenters. The number of carbonyl (C=O) groups excluding carboxylic acids is 3. The zero-order valence-corrected chi connectivity index (χ0v) is 15.4. The summed E-state index contributed by atoms with van der Waals surface area (Å²) in [7, 11) is 0.